The molecule has 1 aromatic carbocycles. The summed E-state index contributed by atoms with van der Waals surface area (Å²) >= 11 is 0. The molecule has 1 N–H and O–H groups in total. The Morgan fingerprint density at radius 3 is 2.50 bits per heavy atom. The normalized spacial score (nSPS) is 24.4. The predicted molar refractivity (Wildman–Crippen MR) is 75.4 cm³/mol. The highest BCUT2D eigenvalue weighted by Gasteiger charge is 2.40. The van der Waals surface area contributed by atoms with Crippen LogP contribution in [0, 0.1) is 5.92 Å². The third kappa shape index (κ3) is 2.45. The van der Waals surface area contributed by atoms with E-state index >= 15 is 0 Å². The van der Waals surface area contributed by atoms with Crippen LogP contribution < -0.4 is 0 Å². The molecule has 2 nitrogen and oxygen atoms in total. The van der Waals surface area contributed by atoms with E-state index in [9.17, 15) is 5.11 Å². The molecule has 0 aromatic heterocycles. The van der Waals surface area contributed by atoms with E-state index in [1.807, 2.05) is 18.2 Å². The van der Waals surface area contributed by atoms with Crippen molar-refractivity contribution in [2.75, 3.05) is 13.1 Å². The summed E-state index contributed by atoms with van der Waals surface area (Å²) in [6.07, 6.45) is 1.88. The van der Waals surface area contributed by atoms with Gasteiger partial charge in [0.05, 0.1) is 5.60 Å². The first kappa shape index (κ1) is 13.6. The molecule has 2 atom stereocenters. The maximum Gasteiger partial charge on any atom is 0.0934 e. The molecule has 1 saturated heterocycles. The number of hydrogen-bond acceptors (Lipinski definition) is 2. The molecule has 0 radical (unpaired) electrons. The maximum atomic E-state index is 11.1. The molecule has 2 rings (SSSR count). The molecule has 1 heterocycles. The van der Waals surface area contributed by atoms with Gasteiger partial charge in [0.15, 0.2) is 0 Å². The van der Waals surface area contributed by atoms with Crippen LogP contribution in [0.1, 0.15) is 39.2 Å². The Balaban J connectivity index is 2.19. The van der Waals surface area contributed by atoms with Gasteiger partial charge >= 0.3 is 0 Å². The van der Waals surface area contributed by atoms with Crippen molar-refractivity contribution in [1.82, 2.24) is 4.90 Å². The van der Waals surface area contributed by atoms with Crippen molar-refractivity contribution < 1.29 is 5.11 Å². The summed E-state index contributed by atoms with van der Waals surface area (Å²) in [6.45, 7) is 8.67. The minimum atomic E-state index is -0.662. The zero-order chi connectivity index (χ0) is 13.2. The summed E-state index contributed by atoms with van der Waals surface area (Å²) in [6, 6.07) is 10.7. The fourth-order valence-corrected chi connectivity index (χ4v) is 3.10. The van der Waals surface area contributed by atoms with E-state index in [2.05, 4.69) is 37.8 Å². The molecule has 18 heavy (non-hydrogen) atoms. The number of hydrogen-bond donors (Lipinski definition) is 1. The lowest BCUT2D eigenvalue weighted by atomic mass is 9.79. The molecule has 0 amide bonds. The lowest BCUT2D eigenvalue weighted by molar-refractivity contribution is -0.0250. The highest BCUT2D eigenvalue weighted by Crippen LogP contribution is 2.38. The molecule has 1 aliphatic rings. The van der Waals surface area contributed by atoms with Crippen LogP contribution in [-0.2, 0) is 5.60 Å². The van der Waals surface area contributed by atoms with E-state index < -0.39 is 5.60 Å². The second-order valence-electron chi connectivity index (χ2n) is 5.72. The summed E-state index contributed by atoms with van der Waals surface area (Å²) in [5.41, 5.74) is 0.411. The Morgan fingerprint density at radius 1 is 1.33 bits per heavy atom. The quantitative estimate of drug-likeness (QED) is 0.884. The number of aliphatic hydroxyl groups is 1. The summed E-state index contributed by atoms with van der Waals surface area (Å²) in [5.74, 6) is 0.354. The molecule has 1 aromatic rings. The minimum Gasteiger partial charge on any atom is -0.385 e. The van der Waals surface area contributed by atoms with Gasteiger partial charge in [-0.15, -0.1) is 0 Å². The molecule has 1 fully saturated rings. The lowest BCUT2D eigenvalue weighted by Gasteiger charge is -2.34. The molecule has 2 heteroatoms. The molecule has 0 unspecified atom stereocenters. The van der Waals surface area contributed by atoms with Crippen LogP contribution in [0.25, 0.3) is 0 Å². The molecule has 100 valence electrons. The molecule has 0 saturated carbocycles. The van der Waals surface area contributed by atoms with Crippen LogP contribution in [0.5, 0.6) is 0 Å². The van der Waals surface area contributed by atoms with Crippen LogP contribution >= 0.6 is 0 Å². The molecular formula is C16H25NO. The van der Waals surface area contributed by atoms with E-state index in [0.29, 0.717) is 12.0 Å². The molecule has 0 aliphatic carbocycles. The number of nitrogens with zero attached hydrogens (tertiary/aromatic N) is 1. The van der Waals surface area contributed by atoms with Crippen LogP contribution in [0.3, 0.4) is 0 Å². The van der Waals surface area contributed by atoms with E-state index in [0.717, 1.165) is 31.5 Å². The van der Waals surface area contributed by atoms with E-state index in [4.69, 9.17) is 0 Å². The smallest absolute Gasteiger partial charge is 0.0934 e. The van der Waals surface area contributed by atoms with Gasteiger partial charge < -0.3 is 10.0 Å². The van der Waals surface area contributed by atoms with Gasteiger partial charge in [0.2, 0.25) is 0 Å². The highest BCUT2D eigenvalue weighted by atomic mass is 16.3. The Labute approximate surface area is 111 Å². The van der Waals surface area contributed by atoms with Crippen molar-refractivity contribution in [3.63, 3.8) is 0 Å². The van der Waals surface area contributed by atoms with Crippen molar-refractivity contribution >= 4 is 0 Å². The summed E-state index contributed by atoms with van der Waals surface area (Å²) < 4.78 is 0. The van der Waals surface area contributed by atoms with Crippen molar-refractivity contribution in [3.8, 4) is 0 Å². The van der Waals surface area contributed by atoms with Gasteiger partial charge in [0, 0.05) is 18.5 Å². The average Bonchev–Trinajstić information content (AvgIpc) is 2.89. The number of rotatable bonds is 4. The van der Waals surface area contributed by atoms with Gasteiger partial charge in [-0.2, -0.15) is 0 Å². The first-order valence-corrected chi connectivity index (χ1v) is 7.10. The van der Waals surface area contributed by atoms with E-state index in [-0.39, 0.29) is 0 Å². The lowest BCUT2D eigenvalue weighted by Crippen LogP contribution is -2.37. The van der Waals surface area contributed by atoms with Gasteiger partial charge in [-0.3, -0.25) is 0 Å². The maximum absolute atomic E-state index is 11.1. The van der Waals surface area contributed by atoms with Crippen molar-refractivity contribution in [2.45, 2.75) is 45.3 Å². The second kappa shape index (κ2) is 5.41. The Bertz CT molecular complexity index is 376. The first-order chi connectivity index (χ1) is 8.58. The molecular weight excluding hydrogens is 222 g/mol. The highest BCUT2D eigenvalue weighted by molar-refractivity contribution is 5.23. The number of benzene rings is 1. The third-order valence-corrected chi connectivity index (χ3v) is 4.44. The topological polar surface area (TPSA) is 23.5 Å². The van der Waals surface area contributed by atoms with Crippen LogP contribution in [0.4, 0.5) is 0 Å². The SMILES string of the molecule is CC[C@](O)(c1ccccc1)[C@@H]1CCN(C(C)C)C1. The van der Waals surface area contributed by atoms with Gasteiger partial charge in [0.1, 0.15) is 0 Å². The Hall–Kier alpha value is -0.860. The van der Waals surface area contributed by atoms with Crippen molar-refractivity contribution in [2.24, 2.45) is 5.92 Å². The van der Waals surface area contributed by atoms with Gasteiger partial charge in [-0.05, 0) is 38.8 Å². The Morgan fingerprint density at radius 2 is 2.00 bits per heavy atom. The zero-order valence-electron chi connectivity index (χ0n) is 11.8. The van der Waals surface area contributed by atoms with E-state index in [1.165, 1.54) is 0 Å². The van der Waals surface area contributed by atoms with Gasteiger partial charge in [-0.25, -0.2) is 0 Å². The van der Waals surface area contributed by atoms with Crippen LogP contribution in [-0.4, -0.2) is 29.1 Å². The largest absolute Gasteiger partial charge is 0.385 e. The second-order valence-corrected chi connectivity index (χ2v) is 5.72. The summed E-state index contributed by atoms with van der Waals surface area (Å²) in [5, 5.41) is 11.1. The summed E-state index contributed by atoms with van der Waals surface area (Å²) in [4.78, 5) is 2.47. The molecule has 1 aliphatic heterocycles. The fraction of sp³-hybridized carbons (Fsp3) is 0.625. The van der Waals surface area contributed by atoms with Crippen LogP contribution in [0.15, 0.2) is 30.3 Å². The van der Waals surface area contributed by atoms with Crippen LogP contribution in [0.2, 0.25) is 0 Å². The standard InChI is InChI=1S/C16H25NO/c1-4-16(18,14-8-6-5-7-9-14)15-10-11-17(12-15)13(2)3/h5-9,13,15,18H,4,10-12H2,1-3H3/t15-,16+/m1/s1. The van der Waals surface area contributed by atoms with Gasteiger partial charge in [0.25, 0.3) is 0 Å². The summed E-state index contributed by atoms with van der Waals surface area (Å²) in [7, 11) is 0. The van der Waals surface area contributed by atoms with Gasteiger partial charge in [-0.1, -0.05) is 37.3 Å². The molecule has 0 bridgehead atoms. The fourth-order valence-electron chi connectivity index (χ4n) is 3.10. The average molecular weight is 247 g/mol. The van der Waals surface area contributed by atoms with Crippen molar-refractivity contribution in [3.05, 3.63) is 35.9 Å². The Kier molecular flexibility index (Phi) is 4.08. The third-order valence-electron chi connectivity index (χ3n) is 4.44. The zero-order valence-corrected chi connectivity index (χ0v) is 11.8. The van der Waals surface area contributed by atoms with E-state index in [1.54, 1.807) is 0 Å². The minimum absolute atomic E-state index is 0.354. The number of likely N-dealkylation sites (tertiary alicyclic amines) is 1. The monoisotopic (exact) mass is 247 g/mol. The molecule has 0 spiro atoms. The predicted octanol–water partition coefficient (Wildman–Crippen LogP) is 3.01. The first-order valence-electron chi connectivity index (χ1n) is 7.10. The van der Waals surface area contributed by atoms with Crippen molar-refractivity contribution in [1.29, 1.82) is 0 Å².